The predicted molar refractivity (Wildman–Crippen MR) is 109 cm³/mol. The molecule has 0 saturated carbocycles. The molecule has 0 radical (unpaired) electrons. The van der Waals surface area contributed by atoms with Gasteiger partial charge < -0.3 is 10.6 Å². The number of nitrogens with one attached hydrogen (secondary N) is 2. The maximum atomic E-state index is 4.67. The summed E-state index contributed by atoms with van der Waals surface area (Å²) in [6.07, 6.45) is 3.88. The van der Waals surface area contributed by atoms with Crippen molar-refractivity contribution in [2.75, 3.05) is 23.7 Å². The van der Waals surface area contributed by atoms with Crippen LogP contribution in [0, 0.1) is 0 Å². The number of rotatable bonds is 9. The average molecular weight is 344 g/mol. The first kappa shape index (κ1) is 17.7. The summed E-state index contributed by atoms with van der Waals surface area (Å²) in [7, 11) is 0. The molecule has 0 bridgehead atoms. The van der Waals surface area contributed by atoms with Crippen LogP contribution < -0.4 is 10.6 Å². The third-order valence-electron chi connectivity index (χ3n) is 3.99. The van der Waals surface area contributed by atoms with Crippen LogP contribution in [0.15, 0.2) is 79.4 Å². The first-order chi connectivity index (χ1) is 12.8. The van der Waals surface area contributed by atoms with Crippen molar-refractivity contribution in [2.24, 2.45) is 0 Å². The highest BCUT2D eigenvalue weighted by Gasteiger charge is 2.06. The first-order valence-electron chi connectivity index (χ1n) is 8.92. The van der Waals surface area contributed by atoms with Gasteiger partial charge in [0.1, 0.15) is 5.82 Å². The minimum atomic E-state index is 0.644. The molecule has 0 aliphatic carbocycles. The fourth-order valence-electron chi connectivity index (χ4n) is 2.69. The van der Waals surface area contributed by atoms with Crippen molar-refractivity contribution in [2.45, 2.75) is 12.8 Å². The lowest BCUT2D eigenvalue weighted by Gasteiger charge is -2.11. The molecule has 0 aliphatic heterocycles. The Morgan fingerprint density at radius 1 is 0.885 bits per heavy atom. The second kappa shape index (κ2) is 9.37. The van der Waals surface area contributed by atoms with Crippen molar-refractivity contribution in [3.05, 3.63) is 84.9 Å². The van der Waals surface area contributed by atoms with Gasteiger partial charge in [-0.3, -0.25) is 0 Å². The van der Waals surface area contributed by atoms with E-state index >= 15 is 0 Å². The van der Waals surface area contributed by atoms with Crippen molar-refractivity contribution < 1.29 is 0 Å². The zero-order valence-corrected chi connectivity index (χ0v) is 14.9. The maximum Gasteiger partial charge on any atom is 0.225 e. The van der Waals surface area contributed by atoms with Crippen LogP contribution in [-0.2, 0) is 6.42 Å². The van der Waals surface area contributed by atoms with E-state index in [-0.39, 0.29) is 0 Å². The Balaban J connectivity index is 1.67. The van der Waals surface area contributed by atoms with Gasteiger partial charge in [-0.1, -0.05) is 66.7 Å². The highest BCUT2D eigenvalue weighted by molar-refractivity contribution is 5.64. The van der Waals surface area contributed by atoms with E-state index in [0.717, 1.165) is 36.5 Å². The van der Waals surface area contributed by atoms with Gasteiger partial charge in [0.2, 0.25) is 5.95 Å². The summed E-state index contributed by atoms with van der Waals surface area (Å²) in [4.78, 5) is 9.23. The van der Waals surface area contributed by atoms with Crippen molar-refractivity contribution >= 4 is 11.8 Å². The minimum absolute atomic E-state index is 0.644. The molecule has 4 heteroatoms. The van der Waals surface area contributed by atoms with Gasteiger partial charge >= 0.3 is 0 Å². The number of aromatic nitrogens is 2. The van der Waals surface area contributed by atoms with E-state index in [4.69, 9.17) is 0 Å². The second-order valence-corrected chi connectivity index (χ2v) is 6.01. The molecule has 4 nitrogen and oxygen atoms in total. The van der Waals surface area contributed by atoms with Gasteiger partial charge in [-0.05, 0) is 18.4 Å². The molecule has 0 unspecified atom stereocenters. The third kappa shape index (κ3) is 5.18. The first-order valence-corrected chi connectivity index (χ1v) is 8.92. The Kier molecular flexibility index (Phi) is 6.37. The average Bonchev–Trinajstić information content (AvgIpc) is 2.71. The van der Waals surface area contributed by atoms with E-state index in [1.807, 2.05) is 36.4 Å². The molecule has 2 aromatic carbocycles. The molecule has 0 fully saturated rings. The van der Waals surface area contributed by atoms with E-state index in [9.17, 15) is 0 Å². The molecule has 3 aromatic rings. The molecule has 0 aliphatic rings. The van der Waals surface area contributed by atoms with Gasteiger partial charge in [0, 0.05) is 24.7 Å². The van der Waals surface area contributed by atoms with E-state index < -0.39 is 0 Å². The Labute approximate surface area is 155 Å². The highest BCUT2D eigenvalue weighted by atomic mass is 15.1. The van der Waals surface area contributed by atoms with Gasteiger partial charge in [0.25, 0.3) is 0 Å². The monoisotopic (exact) mass is 344 g/mol. The smallest absolute Gasteiger partial charge is 0.225 e. The Hall–Kier alpha value is -3.14. The molecule has 1 heterocycles. The highest BCUT2D eigenvalue weighted by Crippen LogP contribution is 2.21. The van der Waals surface area contributed by atoms with Crippen molar-refractivity contribution in [1.29, 1.82) is 0 Å². The molecule has 1 aromatic heterocycles. The van der Waals surface area contributed by atoms with E-state index in [1.54, 1.807) is 0 Å². The van der Waals surface area contributed by atoms with Crippen LogP contribution in [0.5, 0.6) is 0 Å². The molecular weight excluding hydrogens is 320 g/mol. The molecule has 0 atom stereocenters. The number of nitrogens with zero attached hydrogens (tertiary/aromatic N) is 2. The molecule has 0 saturated heterocycles. The van der Waals surface area contributed by atoms with Gasteiger partial charge in [-0.25, -0.2) is 4.98 Å². The zero-order chi connectivity index (χ0) is 18.0. The number of benzene rings is 2. The largest absolute Gasteiger partial charge is 0.366 e. The number of hydrogen-bond acceptors (Lipinski definition) is 4. The second-order valence-electron chi connectivity index (χ2n) is 6.01. The summed E-state index contributed by atoms with van der Waals surface area (Å²) in [5.74, 6) is 1.44. The fourth-order valence-corrected chi connectivity index (χ4v) is 2.69. The SMILES string of the molecule is C=CCNc1cc(-c2ccccc2)nc(NCCCc2ccccc2)n1. The maximum absolute atomic E-state index is 4.67. The van der Waals surface area contributed by atoms with E-state index in [0.29, 0.717) is 12.5 Å². The Bertz CT molecular complexity index is 816. The minimum Gasteiger partial charge on any atom is -0.366 e. The van der Waals surface area contributed by atoms with Crippen LogP contribution in [0.1, 0.15) is 12.0 Å². The van der Waals surface area contributed by atoms with Crippen LogP contribution in [0.4, 0.5) is 11.8 Å². The van der Waals surface area contributed by atoms with Crippen molar-refractivity contribution in [3.8, 4) is 11.3 Å². The summed E-state index contributed by atoms with van der Waals surface area (Å²) in [5.41, 5.74) is 3.32. The number of anilines is 2. The molecule has 132 valence electrons. The summed E-state index contributed by atoms with van der Waals surface area (Å²) < 4.78 is 0. The molecule has 0 spiro atoms. The quantitative estimate of drug-likeness (QED) is 0.433. The molecule has 0 amide bonds. The van der Waals surface area contributed by atoms with Crippen molar-refractivity contribution in [3.63, 3.8) is 0 Å². The topological polar surface area (TPSA) is 49.8 Å². The van der Waals surface area contributed by atoms with Gasteiger partial charge in [0.15, 0.2) is 0 Å². The summed E-state index contributed by atoms with van der Waals surface area (Å²) in [6.45, 7) is 5.24. The van der Waals surface area contributed by atoms with Crippen LogP contribution in [0.2, 0.25) is 0 Å². The van der Waals surface area contributed by atoms with Crippen LogP contribution in [-0.4, -0.2) is 23.1 Å². The van der Waals surface area contributed by atoms with Crippen LogP contribution >= 0.6 is 0 Å². The van der Waals surface area contributed by atoms with Gasteiger partial charge in [-0.15, -0.1) is 6.58 Å². The number of hydrogen-bond donors (Lipinski definition) is 2. The molecule has 26 heavy (non-hydrogen) atoms. The number of aryl methyl sites for hydroxylation is 1. The van der Waals surface area contributed by atoms with Crippen molar-refractivity contribution in [1.82, 2.24) is 9.97 Å². The third-order valence-corrected chi connectivity index (χ3v) is 3.99. The summed E-state index contributed by atoms with van der Waals surface area (Å²) in [6, 6.07) is 22.6. The lowest BCUT2D eigenvalue weighted by atomic mass is 10.1. The normalized spacial score (nSPS) is 10.3. The lowest BCUT2D eigenvalue weighted by Crippen LogP contribution is -2.09. The summed E-state index contributed by atoms with van der Waals surface area (Å²) >= 11 is 0. The van der Waals surface area contributed by atoms with Crippen LogP contribution in [0.25, 0.3) is 11.3 Å². The Morgan fingerprint density at radius 2 is 1.62 bits per heavy atom. The fraction of sp³-hybridized carbons (Fsp3) is 0.182. The summed E-state index contributed by atoms with van der Waals surface area (Å²) in [5, 5.41) is 6.61. The van der Waals surface area contributed by atoms with Gasteiger partial charge in [0.05, 0.1) is 5.69 Å². The van der Waals surface area contributed by atoms with E-state index in [2.05, 4.69) is 63.6 Å². The zero-order valence-electron chi connectivity index (χ0n) is 14.9. The van der Waals surface area contributed by atoms with E-state index in [1.165, 1.54) is 5.56 Å². The predicted octanol–water partition coefficient (Wildman–Crippen LogP) is 4.79. The molecule has 3 rings (SSSR count). The van der Waals surface area contributed by atoms with Gasteiger partial charge in [-0.2, -0.15) is 4.98 Å². The van der Waals surface area contributed by atoms with Crippen LogP contribution in [0.3, 0.4) is 0 Å². The lowest BCUT2D eigenvalue weighted by molar-refractivity contribution is 0.853. The standard InChI is InChI=1S/C22H24N4/c1-2-15-23-21-17-20(19-13-7-4-8-14-19)25-22(26-21)24-16-9-12-18-10-5-3-6-11-18/h2-8,10-11,13-14,17H,1,9,12,15-16H2,(H2,23,24,25,26). The Morgan fingerprint density at radius 3 is 2.35 bits per heavy atom. The molecular formula is C22H24N4. The molecule has 2 N–H and O–H groups in total.